The molecule has 0 saturated heterocycles. The molecule has 3 heteroatoms. The van der Waals surface area contributed by atoms with Crippen molar-refractivity contribution in [2.75, 3.05) is 6.61 Å². The van der Waals surface area contributed by atoms with Gasteiger partial charge in [-0.2, -0.15) is 0 Å². The van der Waals surface area contributed by atoms with Gasteiger partial charge in [0.25, 0.3) is 0 Å². The van der Waals surface area contributed by atoms with Crippen LogP contribution >= 0.6 is 0 Å². The number of nitrogens with one attached hydrogen (secondary N) is 2. The van der Waals surface area contributed by atoms with Crippen LogP contribution in [0.5, 0.6) is 0 Å². The van der Waals surface area contributed by atoms with E-state index >= 15 is 0 Å². The van der Waals surface area contributed by atoms with E-state index in [1.807, 2.05) is 12.4 Å². The van der Waals surface area contributed by atoms with Crippen molar-refractivity contribution in [3.63, 3.8) is 0 Å². The third-order valence-corrected chi connectivity index (χ3v) is 6.23. The quantitative estimate of drug-likeness (QED) is 0.370. The topological polar surface area (TPSA) is 51.8 Å². The van der Waals surface area contributed by atoms with E-state index in [0.717, 1.165) is 23.0 Å². The Balaban J connectivity index is 1.62. The number of allylic oxidation sites excluding steroid dienone is 2. The molecule has 29 heavy (non-hydrogen) atoms. The van der Waals surface area contributed by atoms with Gasteiger partial charge in [0.1, 0.15) is 0 Å². The predicted octanol–water partition coefficient (Wildman–Crippen LogP) is 6.05. The van der Waals surface area contributed by atoms with Crippen LogP contribution in [-0.4, -0.2) is 21.7 Å². The molecule has 2 heterocycles. The van der Waals surface area contributed by atoms with Crippen molar-refractivity contribution in [2.24, 2.45) is 0 Å². The van der Waals surface area contributed by atoms with Gasteiger partial charge in [0.05, 0.1) is 6.61 Å². The maximum Gasteiger partial charge on any atom is 0.0563 e. The lowest BCUT2D eigenvalue weighted by Crippen LogP contribution is -2.25. The fourth-order valence-corrected chi connectivity index (χ4v) is 4.81. The Morgan fingerprint density at radius 1 is 1.03 bits per heavy atom. The van der Waals surface area contributed by atoms with E-state index < -0.39 is 0 Å². The Bertz CT molecular complexity index is 1250. The maximum atomic E-state index is 10.6. The fraction of sp³-hybridized carbons (Fsp3) is 0.231. The molecule has 3 nitrogen and oxygen atoms in total. The van der Waals surface area contributed by atoms with Crippen LogP contribution in [0.1, 0.15) is 42.9 Å². The van der Waals surface area contributed by atoms with Crippen LogP contribution in [0.15, 0.2) is 72.6 Å². The van der Waals surface area contributed by atoms with E-state index in [4.69, 9.17) is 0 Å². The second kappa shape index (κ2) is 6.78. The first-order chi connectivity index (χ1) is 14.1. The highest BCUT2D eigenvalue weighted by molar-refractivity contribution is 5.84. The molecule has 2 aromatic carbocycles. The SMILES string of the molecule is CC(C)=CC1CC(C=Cc2ccc3[nH]ccc3c2)(CO)c2cc3[nH]ccc3cc21. The molecule has 1 aliphatic rings. The molecule has 2 aromatic heterocycles. The first kappa shape index (κ1) is 18.0. The second-order valence-corrected chi connectivity index (χ2v) is 8.53. The standard InChI is InChI=1S/C26H26N2O/c1-17(2)11-21-15-26(16-29,23-14-25-20(7-10-28-25)13-22(21)23)8-5-18-3-4-24-19(12-18)6-9-27-24/h3-14,21,27-29H,15-16H2,1-2H3. The lowest BCUT2D eigenvalue weighted by Gasteiger charge is -2.25. The summed E-state index contributed by atoms with van der Waals surface area (Å²) < 4.78 is 0. The van der Waals surface area contributed by atoms with E-state index in [2.05, 4.69) is 84.5 Å². The summed E-state index contributed by atoms with van der Waals surface area (Å²) in [5.41, 5.74) is 6.92. The van der Waals surface area contributed by atoms with E-state index in [1.165, 1.54) is 27.5 Å². The van der Waals surface area contributed by atoms with E-state index in [-0.39, 0.29) is 12.0 Å². The van der Waals surface area contributed by atoms with Crippen LogP contribution in [0.4, 0.5) is 0 Å². The number of hydrogen-bond donors (Lipinski definition) is 3. The molecule has 0 amide bonds. The zero-order chi connectivity index (χ0) is 20.0. The summed E-state index contributed by atoms with van der Waals surface area (Å²) in [6.45, 7) is 4.40. The average molecular weight is 383 g/mol. The van der Waals surface area contributed by atoms with E-state index in [9.17, 15) is 5.11 Å². The molecule has 0 bridgehead atoms. The van der Waals surface area contributed by atoms with Crippen LogP contribution in [0, 0.1) is 0 Å². The molecule has 0 fully saturated rings. The van der Waals surface area contributed by atoms with E-state index in [0.29, 0.717) is 5.92 Å². The molecule has 4 aromatic rings. The molecule has 0 saturated carbocycles. The Labute approximate surface area is 170 Å². The molecule has 1 aliphatic carbocycles. The van der Waals surface area contributed by atoms with Gasteiger partial charge in [-0.25, -0.2) is 0 Å². The van der Waals surface area contributed by atoms with Crippen molar-refractivity contribution in [1.29, 1.82) is 0 Å². The first-order valence-electron chi connectivity index (χ1n) is 10.2. The summed E-state index contributed by atoms with van der Waals surface area (Å²) in [4.78, 5) is 6.57. The van der Waals surface area contributed by atoms with Crippen LogP contribution in [0.25, 0.3) is 27.9 Å². The van der Waals surface area contributed by atoms with Gasteiger partial charge in [0.2, 0.25) is 0 Å². The highest BCUT2D eigenvalue weighted by atomic mass is 16.3. The minimum atomic E-state index is -0.377. The molecule has 5 rings (SSSR count). The third kappa shape index (κ3) is 3.02. The number of aliphatic hydroxyl groups excluding tert-OH is 1. The number of aromatic amines is 2. The van der Waals surface area contributed by atoms with Crippen LogP contribution in [-0.2, 0) is 5.41 Å². The van der Waals surface area contributed by atoms with Crippen molar-refractivity contribution in [2.45, 2.75) is 31.6 Å². The summed E-state index contributed by atoms with van der Waals surface area (Å²) in [5, 5.41) is 13.0. The minimum absolute atomic E-state index is 0.0994. The second-order valence-electron chi connectivity index (χ2n) is 8.53. The number of rotatable bonds is 4. The maximum absolute atomic E-state index is 10.6. The Kier molecular flexibility index (Phi) is 4.21. The summed E-state index contributed by atoms with van der Waals surface area (Å²) in [5.74, 6) is 0.318. The number of H-pyrrole nitrogens is 2. The van der Waals surface area contributed by atoms with Gasteiger partial charge < -0.3 is 15.1 Å². The lowest BCUT2D eigenvalue weighted by molar-refractivity contribution is 0.223. The molecule has 0 aliphatic heterocycles. The van der Waals surface area contributed by atoms with Gasteiger partial charge in [0.15, 0.2) is 0 Å². The summed E-state index contributed by atoms with van der Waals surface area (Å²) in [6, 6.07) is 15.2. The van der Waals surface area contributed by atoms with Crippen molar-refractivity contribution < 1.29 is 5.11 Å². The van der Waals surface area contributed by atoms with Gasteiger partial charge >= 0.3 is 0 Å². The first-order valence-corrected chi connectivity index (χ1v) is 10.2. The Morgan fingerprint density at radius 2 is 1.79 bits per heavy atom. The minimum Gasteiger partial charge on any atom is -0.395 e. The molecule has 2 unspecified atom stereocenters. The highest BCUT2D eigenvalue weighted by Gasteiger charge is 2.41. The van der Waals surface area contributed by atoms with Crippen molar-refractivity contribution in [3.8, 4) is 0 Å². The number of aromatic nitrogens is 2. The highest BCUT2D eigenvalue weighted by Crippen LogP contribution is 2.49. The van der Waals surface area contributed by atoms with Gasteiger partial charge in [-0.1, -0.05) is 29.9 Å². The van der Waals surface area contributed by atoms with Crippen LogP contribution in [0.2, 0.25) is 0 Å². The number of fused-ring (bicyclic) bond motifs is 3. The van der Waals surface area contributed by atoms with Crippen molar-refractivity contribution in [1.82, 2.24) is 9.97 Å². The largest absolute Gasteiger partial charge is 0.395 e. The summed E-state index contributed by atoms with van der Waals surface area (Å²) >= 11 is 0. The third-order valence-electron chi connectivity index (χ3n) is 6.23. The zero-order valence-corrected chi connectivity index (χ0v) is 16.9. The van der Waals surface area contributed by atoms with Gasteiger partial charge in [-0.3, -0.25) is 0 Å². The van der Waals surface area contributed by atoms with Gasteiger partial charge in [0, 0.05) is 34.8 Å². The summed E-state index contributed by atoms with van der Waals surface area (Å²) in [6.07, 6.45) is 11.6. The molecule has 0 spiro atoms. The normalized spacial score (nSPS) is 21.3. The van der Waals surface area contributed by atoms with E-state index in [1.54, 1.807) is 0 Å². The lowest BCUT2D eigenvalue weighted by atomic mass is 9.81. The number of benzene rings is 2. The van der Waals surface area contributed by atoms with Crippen LogP contribution < -0.4 is 0 Å². The fourth-order valence-electron chi connectivity index (χ4n) is 4.81. The zero-order valence-electron chi connectivity index (χ0n) is 16.9. The average Bonchev–Trinajstić information content (AvgIpc) is 3.42. The Morgan fingerprint density at radius 3 is 2.55 bits per heavy atom. The number of aliphatic hydroxyl groups is 1. The van der Waals surface area contributed by atoms with Gasteiger partial charge in [-0.05, 0) is 84.1 Å². The molecule has 3 N–H and O–H groups in total. The smallest absolute Gasteiger partial charge is 0.0563 e. The predicted molar refractivity (Wildman–Crippen MR) is 121 cm³/mol. The Hall–Kier alpha value is -3.04. The molecular formula is C26H26N2O. The molecule has 0 radical (unpaired) electrons. The number of hydrogen-bond acceptors (Lipinski definition) is 1. The van der Waals surface area contributed by atoms with Crippen LogP contribution in [0.3, 0.4) is 0 Å². The monoisotopic (exact) mass is 382 g/mol. The summed E-state index contributed by atoms with van der Waals surface area (Å²) in [7, 11) is 0. The molecule has 146 valence electrons. The van der Waals surface area contributed by atoms with Crippen molar-refractivity contribution >= 4 is 27.9 Å². The van der Waals surface area contributed by atoms with Gasteiger partial charge in [-0.15, -0.1) is 0 Å². The molecular weight excluding hydrogens is 356 g/mol. The van der Waals surface area contributed by atoms with Crippen molar-refractivity contribution in [3.05, 3.63) is 89.3 Å². The molecule has 2 atom stereocenters.